The van der Waals surface area contributed by atoms with Gasteiger partial charge < -0.3 is 14.2 Å². The van der Waals surface area contributed by atoms with Gasteiger partial charge in [-0.25, -0.2) is 14.2 Å². The van der Waals surface area contributed by atoms with Crippen molar-refractivity contribution in [2.75, 3.05) is 6.61 Å². The minimum atomic E-state index is -0.733. The van der Waals surface area contributed by atoms with Gasteiger partial charge in [0.15, 0.2) is 17.2 Å². The maximum Gasteiger partial charge on any atom is 0.363 e. The molecule has 1 aliphatic rings. The lowest BCUT2D eigenvalue weighted by Crippen LogP contribution is -2.07. The molecule has 10 heteroatoms. The largest absolute Gasteiger partial charge is 0.490 e. The molecule has 0 radical (unpaired) electrons. The van der Waals surface area contributed by atoms with Crippen LogP contribution in [0.3, 0.4) is 0 Å². The van der Waals surface area contributed by atoms with E-state index in [-0.39, 0.29) is 40.2 Å². The molecule has 0 saturated carbocycles. The zero-order valence-corrected chi connectivity index (χ0v) is 19.1. The van der Waals surface area contributed by atoms with Crippen LogP contribution >= 0.6 is 11.6 Å². The molecule has 0 amide bonds. The molecule has 0 aliphatic carbocycles. The second-order valence-electron chi connectivity index (χ2n) is 7.29. The van der Waals surface area contributed by atoms with Gasteiger partial charge in [0, 0.05) is 12.1 Å². The average molecular weight is 497 g/mol. The molecular weight excluding hydrogens is 479 g/mol. The summed E-state index contributed by atoms with van der Waals surface area (Å²) in [7, 11) is 0. The molecule has 0 fully saturated rings. The summed E-state index contributed by atoms with van der Waals surface area (Å²) in [6, 6.07) is 15.0. The zero-order valence-electron chi connectivity index (χ0n) is 18.4. The molecule has 0 bridgehead atoms. The van der Waals surface area contributed by atoms with Crippen molar-refractivity contribution in [3.63, 3.8) is 0 Å². The average Bonchev–Trinajstić information content (AvgIpc) is 3.19. The van der Waals surface area contributed by atoms with Crippen LogP contribution in [0.2, 0.25) is 5.02 Å². The Balaban J connectivity index is 1.61. The first kappa shape index (κ1) is 23.9. The Morgan fingerprint density at radius 1 is 1.14 bits per heavy atom. The number of hydrogen-bond donors (Lipinski definition) is 0. The summed E-state index contributed by atoms with van der Waals surface area (Å²) in [6.07, 6.45) is 1.44. The van der Waals surface area contributed by atoms with E-state index in [0.29, 0.717) is 23.5 Å². The number of hydrogen-bond acceptors (Lipinski definition) is 7. The Morgan fingerprint density at radius 2 is 1.94 bits per heavy atom. The molecule has 0 unspecified atom stereocenters. The number of nitro benzene ring substituents is 1. The molecule has 0 N–H and O–H groups in total. The van der Waals surface area contributed by atoms with Crippen molar-refractivity contribution >= 4 is 35.2 Å². The Bertz CT molecular complexity index is 1370. The van der Waals surface area contributed by atoms with Crippen molar-refractivity contribution in [2.45, 2.75) is 13.5 Å². The predicted octanol–water partition coefficient (Wildman–Crippen LogP) is 5.71. The fraction of sp³-hybridized carbons (Fsp3) is 0.120. The first-order chi connectivity index (χ1) is 16.9. The number of nitrogens with zero attached hydrogens (tertiary/aromatic N) is 2. The lowest BCUT2D eigenvalue weighted by atomic mass is 10.1. The van der Waals surface area contributed by atoms with E-state index >= 15 is 0 Å². The third-order valence-electron chi connectivity index (χ3n) is 4.86. The van der Waals surface area contributed by atoms with Crippen molar-refractivity contribution in [1.82, 2.24) is 0 Å². The first-order valence-electron chi connectivity index (χ1n) is 10.5. The number of halogens is 2. The quantitative estimate of drug-likeness (QED) is 0.171. The molecule has 1 heterocycles. The van der Waals surface area contributed by atoms with Crippen LogP contribution < -0.4 is 9.47 Å². The van der Waals surface area contributed by atoms with Crippen molar-refractivity contribution < 1.29 is 28.3 Å². The molecule has 0 atom stereocenters. The Hall–Kier alpha value is -4.24. The van der Waals surface area contributed by atoms with E-state index in [1.165, 1.54) is 36.4 Å². The molecule has 178 valence electrons. The summed E-state index contributed by atoms with van der Waals surface area (Å²) in [5.74, 6) is -0.878. The second kappa shape index (κ2) is 10.4. The summed E-state index contributed by atoms with van der Waals surface area (Å²) in [5, 5.41) is 11.2. The number of benzene rings is 3. The lowest BCUT2D eigenvalue weighted by molar-refractivity contribution is -0.384. The van der Waals surface area contributed by atoms with Gasteiger partial charge in [0.25, 0.3) is 5.69 Å². The molecule has 1 aliphatic heterocycles. The Kier molecular flexibility index (Phi) is 7.07. The number of aliphatic imine (C=N–C) groups is 1. The highest BCUT2D eigenvalue weighted by atomic mass is 35.5. The molecule has 0 aromatic heterocycles. The van der Waals surface area contributed by atoms with Crippen molar-refractivity contribution in [1.29, 1.82) is 0 Å². The number of cyclic esters (lactones) is 1. The fourth-order valence-corrected chi connectivity index (χ4v) is 3.58. The highest BCUT2D eigenvalue weighted by Crippen LogP contribution is 2.38. The summed E-state index contributed by atoms with van der Waals surface area (Å²) >= 11 is 6.44. The molecule has 8 nitrogen and oxygen atoms in total. The van der Waals surface area contributed by atoms with Gasteiger partial charge in [-0.2, -0.15) is 0 Å². The number of carbonyl (C=O) groups is 1. The summed E-state index contributed by atoms with van der Waals surface area (Å²) in [4.78, 5) is 26.9. The van der Waals surface area contributed by atoms with Gasteiger partial charge in [0.1, 0.15) is 12.4 Å². The van der Waals surface area contributed by atoms with Crippen LogP contribution in [0.1, 0.15) is 23.6 Å². The minimum absolute atomic E-state index is 0.0184. The van der Waals surface area contributed by atoms with Crippen LogP contribution in [0, 0.1) is 15.9 Å². The van der Waals surface area contributed by atoms with Crippen molar-refractivity contribution in [2.24, 2.45) is 4.99 Å². The van der Waals surface area contributed by atoms with E-state index in [2.05, 4.69) is 4.99 Å². The van der Waals surface area contributed by atoms with E-state index in [1.54, 1.807) is 37.3 Å². The minimum Gasteiger partial charge on any atom is -0.490 e. The standard InChI is InChI=1S/C25H18ClFN2O6/c1-2-33-22-13-16(12-21-25(30)35-24(28-21)18-8-3-4-9-20(18)27)11-19(26)23(22)34-14-15-6-5-7-17(10-15)29(31)32/h3-13H,2,14H2,1H3/b21-12-. The van der Waals surface area contributed by atoms with Gasteiger partial charge in [-0.1, -0.05) is 35.9 Å². The number of non-ortho nitro benzene ring substituents is 1. The lowest BCUT2D eigenvalue weighted by Gasteiger charge is -2.14. The normalized spacial score (nSPS) is 14.0. The summed E-state index contributed by atoms with van der Waals surface area (Å²) in [5.41, 5.74) is 1.04. The molecular formula is C25H18ClFN2O6. The van der Waals surface area contributed by atoms with Gasteiger partial charge in [0.2, 0.25) is 5.90 Å². The summed E-state index contributed by atoms with van der Waals surface area (Å²) < 4.78 is 30.6. The maximum absolute atomic E-state index is 14.0. The van der Waals surface area contributed by atoms with E-state index in [1.807, 2.05) is 0 Å². The van der Waals surface area contributed by atoms with Crippen molar-refractivity contribution in [3.8, 4) is 11.5 Å². The number of esters is 1. The van der Waals surface area contributed by atoms with Crippen LogP contribution in [0.15, 0.2) is 71.4 Å². The molecule has 4 rings (SSSR count). The number of nitro groups is 1. The monoisotopic (exact) mass is 496 g/mol. The van der Waals surface area contributed by atoms with Crippen LogP contribution in [-0.2, 0) is 16.1 Å². The third kappa shape index (κ3) is 5.47. The van der Waals surface area contributed by atoms with Crippen molar-refractivity contribution in [3.05, 3.63) is 104 Å². The Labute approximate surface area is 204 Å². The SMILES string of the molecule is CCOc1cc(/C=C2\N=C(c3ccccc3F)OC2=O)cc(Cl)c1OCc1cccc([N+](=O)[O-])c1. The molecule has 0 spiro atoms. The number of rotatable bonds is 8. The van der Waals surface area contributed by atoms with Gasteiger partial charge in [-0.3, -0.25) is 10.1 Å². The Morgan fingerprint density at radius 3 is 2.69 bits per heavy atom. The van der Waals surface area contributed by atoms with Gasteiger partial charge in [0.05, 0.1) is 22.1 Å². The maximum atomic E-state index is 14.0. The predicted molar refractivity (Wildman–Crippen MR) is 127 cm³/mol. The van der Waals surface area contributed by atoms with E-state index in [4.69, 9.17) is 25.8 Å². The van der Waals surface area contributed by atoms with Gasteiger partial charge in [-0.15, -0.1) is 0 Å². The smallest absolute Gasteiger partial charge is 0.363 e. The highest BCUT2D eigenvalue weighted by Gasteiger charge is 2.26. The van der Waals surface area contributed by atoms with Crippen LogP contribution in [0.25, 0.3) is 6.08 Å². The molecule has 0 saturated heterocycles. The van der Waals surface area contributed by atoms with E-state index < -0.39 is 16.7 Å². The molecule has 3 aromatic rings. The van der Waals surface area contributed by atoms with E-state index in [0.717, 1.165) is 0 Å². The topological polar surface area (TPSA) is 100 Å². The van der Waals surface area contributed by atoms with Crippen LogP contribution in [0.4, 0.5) is 10.1 Å². The third-order valence-corrected chi connectivity index (χ3v) is 5.15. The van der Waals surface area contributed by atoms with Gasteiger partial charge >= 0.3 is 5.97 Å². The number of carbonyl (C=O) groups excluding carboxylic acids is 1. The first-order valence-corrected chi connectivity index (χ1v) is 10.8. The van der Waals surface area contributed by atoms with E-state index in [9.17, 15) is 19.3 Å². The molecule has 3 aromatic carbocycles. The van der Waals surface area contributed by atoms with Gasteiger partial charge in [-0.05, 0) is 48.4 Å². The summed E-state index contributed by atoms with van der Waals surface area (Å²) in [6.45, 7) is 2.11. The second-order valence-corrected chi connectivity index (χ2v) is 7.70. The van der Waals surface area contributed by atoms with Crippen LogP contribution in [0.5, 0.6) is 11.5 Å². The number of ether oxygens (including phenoxy) is 3. The van der Waals surface area contributed by atoms with Crippen LogP contribution in [-0.4, -0.2) is 23.4 Å². The highest BCUT2D eigenvalue weighted by molar-refractivity contribution is 6.32. The fourth-order valence-electron chi connectivity index (χ4n) is 3.31. The molecule has 35 heavy (non-hydrogen) atoms. The zero-order chi connectivity index (χ0) is 24.9.